The summed E-state index contributed by atoms with van der Waals surface area (Å²) in [6.45, 7) is 4.49. The average Bonchev–Trinajstić information content (AvgIpc) is 2.85. The molecule has 96 valence electrons. The molecule has 1 fully saturated rings. The molecule has 5 heteroatoms. The molecule has 0 aromatic carbocycles. The van der Waals surface area contributed by atoms with Gasteiger partial charge in [0.1, 0.15) is 0 Å². The van der Waals surface area contributed by atoms with E-state index in [1.54, 1.807) is 6.20 Å². The lowest BCUT2D eigenvalue weighted by atomic mass is 10.1. The first-order valence-corrected chi connectivity index (χ1v) is 6.32. The summed E-state index contributed by atoms with van der Waals surface area (Å²) in [4.78, 5) is 2.38. The highest BCUT2D eigenvalue weighted by Crippen LogP contribution is 2.16. The highest BCUT2D eigenvalue weighted by molar-refractivity contribution is 4.93. The molecule has 0 bridgehead atoms. The quantitative estimate of drug-likeness (QED) is 0.750. The van der Waals surface area contributed by atoms with Crippen molar-refractivity contribution in [3.8, 4) is 0 Å². The highest BCUT2D eigenvalue weighted by Gasteiger charge is 2.20. The van der Waals surface area contributed by atoms with Gasteiger partial charge in [-0.1, -0.05) is 5.16 Å². The van der Waals surface area contributed by atoms with Crippen LogP contribution in [-0.2, 0) is 11.3 Å². The summed E-state index contributed by atoms with van der Waals surface area (Å²) in [6.07, 6.45) is 5.25. The molecule has 1 aromatic heterocycles. The largest absolute Gasteiger partial charge is 0.378 e. The number of piperidine rings is 1. The normalized spacial score (nSPS) is 18.6. The molecule has 2 rings (SSSR count). The third-order valence-electron chi connectivity index (χ3n) is 3.11. The molecule has 17 heavy (non-hydrogen) atoms. The number of likely N-dealkylation sites (tertiary alicyclic amines) is 1. The fourth-order valence-corrected chi connectivity index (χ4v) is 2.11. The molecule has 2 heterocycles. The molecule has 0 radical (unpaired) electrons. The van der Waals surface area contributed by atoms with Gasteiger partial charge in [0.15, 0.2) is 5.76 Å². The van der Waals surface area contributed by atoms with Crippen molar-refractivity contribution in [2.45, 2.75) is 31.9 Å². The SMILES string of the molecule is NCCCOC1CCN(Cc2ccno2)CC1. The molecule has 0 unspecified atom stereocenters. The van der Waals surface area contributed by atoms with Crippen molar-refractivity contribution >= 4 is 0 Å². The highest BCUT2D eigenvalue weighted by atomic mass is 16.5. The smallest absolute Gasteiger partial charge is 0.150 e. The van der Waals surface area contributed by atoms with E-state index in [2.05, 4.69) is 10.1 Å². The molecule has 0 spiro atoms. The van der Waals surface area contributed by atoms with Gasteiger partial charge >= 0.3 is 0 Å². The zero-order chi connectivity index (χ0) is 11.9. The first-order chi connectivity index (χ1) is 8.38. The van der Waals surface area contributed by atoms with Gasteiger partial charge in [0.25, 0.3) is 0 Å². The minimum Gasteiger partial charge on any atom is -0.378 e. The van der Waals surface area contributed by atoms with Crippen LogP contribution in [0.3, 0.4) is 0 Å². The Labute approximate surface area is 102 Å². The van der Waals surface area contributed by atoms with Crippen molar-refractivity contribution in [1.29, 1.82) is 0 Å². The molecule has 2 N–H and O–H groups in total. The summed E-state index contributed by atoms with van der Waals surface area (Å²) >= 11 is 0. The average molecular weight is 239 g/mol. The van der Waals surface area contributed by atoms with Gasteiger partial charge < -0.3 is 15.0 Å². The molecule has 5 nitrogen and oxygen atoms in total. The fraction of sp³-hybridized carbons (Fsp3) is 0.750. The molecule has 0 aliphatic carbocycles. The number of hydrogen-bond acceptors (Lipinski definition) is 5. The van der Waals surface area contributed by atoms with E-state index >= 15 is 0 Å². The van der Waals surface area contributed by atoms with Crippen LogP contribution in [0.1, 0.15) is 25.0 Å². The predicted molar refractivity (Wildman–Crippen MR) is 64.4 cm³/mol. The standard InChI is InChI=1S/C12H21N3O2/c13-5-1-9-16-11-3-7-15(8-4-11)10-12-2-6-14-17-12/h2,6,11H,1,3-5,7-10,13H2. The van der Waals surface area contributed by atoms with Gasteiger partial charge in [-0.05, 0) is 25.8 Å². The molecule has 1 aromatic rings. The summed E-state index contributed by atoms with van der Waals surface area (Å²) in [6, 6.07) is 1.92. The van der Waals surface area contributed by atoms with E-state index in [9.17, 15) is 0 Å². The van der Waals surface area contributed by atoms with Gasteiger partial charge in [-0.15, -0.1) is 0 Å². The van der Waals surface area contributed by atoms with Crippen LogP contribution in [-0.4, -0.2) is 42.4 Å². The maximum Gasteiger partial charge on any atom is 0.150 e. The second kappa shape index (κ2) is 6.74. The Balaban J connectivity index is 1.64. The monoisotopic (exact) mass is 239 g/mol. The van der Waals surface area contributed by atoms with Crippen LogP contribution in [0.5, 0.6) is 0 Å². The Morgan fingerprint density at radius 2 is 2.29 bits per heavy atom. The Kier molecular flexibility index (Phi) is 4.97. The lowest BCUT2D eigenvalue weighted by Gasteiger charge is -2.31. The van der Waals surface area contributed by atoms with E-state index < -0.39 is 0 Å². The van der Waals surface area contributed by atoms with Gasteiger partial charge in [-0.25, -0.2) is 0 Å². The van der Waals surface area contributed by atoms with Gasteiger partial charge in [0.2, 0.25) is 0 Å². The number of aromatic nitrogens is 1. The van der Waals surface area contributed by atoms with Crippen LogP contribution in [0.2, 0.25) is 0 Å². The lowest BCUT2D eigenvalue weighted by molar-refractivity contribution is 0.00414. The number of nitrogens with two attached hydrogens (primary N) is 1. The molecule has 0 amide bonds. The van der Waals surface area contributed by atoms with E-state index in [1.165, 1.54) is 0 Å². The first-order valence-electron chi connectivity index (χ1n) is 6.32. The Hall–Kier alpha value is -0.910. The maximum atomic E-state index is 5.76. The van der Waals surface area contributed by atoms with Crippen molar-refractivity contribution < 1.29 is 9.26 Å². The third-order valence-corrected chi connectivity index (χ3v) is 3.11. The maximum absolute atomic E-state index is 5.76. The Bertz CT molecular complexity index is 295. The van der Waals surface area contributed by atoms with Crippen molar-refractivity contribution in [2.24, 2.45) is 5.73 Å². The summed E-state index contributed by atoms with van der Waals surface area (Å²) in [5.41, 5.74) is 5.44. The van der Waals surface area contributed by atoms with Crippen molar-refractivity contribution in [3.05, 3.63) is 18.0 Å². The number of hydrogen-bond donors (Lipinski definition) is 1. The second-order valence-corrected chi connectivity index (χ2v) is 4.47. The summed E-state index contributed by atoms with van der Waals surface area (Å²) in [7, 11) is 0. The summed E-state index contributed by atoms with van der Waals surface area (Å²) in [5, 5.41) is 3.71. The number of rotatable bonds is 6. The molecular weight excluding hydrogens is 218 g/mol. The first kappa shape index (κ1) is 12.5. The Morgan fingerprint density at radius 1 is 1.47 bits per heavy atom. The van der Waals surface area contributed by atoms with Crippen LogP contribution >= 0.6 is 0 Å². The van der Waals surface area contributed by atoms with E-state index in [4.69, 9.17) is 15.0 Å². The van der Waals surface area contributed by atoms with E-state index in [1.807, 2.05) is 6.07 Å². The van der Waals surface area contributed by atoms with Crippen molar-refractivity contribution in [2.75, 3.05) is 26.2 Å². The van der Waals surface area contributed by atoms with Crippen molar-refractivity contribution in [3.63, 3.8) is 0 Å². The van der Waals surface area contributed by atoms with Gasteiger partial charge in [-0.3, -0.25) is 4.90 Å². The zero-order valence-electron chi connectivity index (χ0n) is 10.2. The minimum atomic E-state index is 0.410. The number of nitrogens with zero attached hydrogens (tertiary/aromatic N) is 2. The van der Waals surface area contributed by atoms with Crippen LogP contribution < -0.4 is 5.73 Å². The topological polar surface area (TPSA) is 64.5 Å². The van der Waals surface area contributed by atoms with Gasteiger partial charge in [0.05, 0.1) is 18.8 Å². The van der Waals surface area contributed by atoms with Gasteiger partial charge in [0, 0.05) is 25.8 Å². The Morgan fingerprint density at radius 3 is 2.94 bits per heavy atom. The van der Waals surface area contributed by atoms with Crippen LogP contribution in [0.15, 0.2) is 16.8 Å². The molecule has 0 atom stereocenters. The molecule has 1 saturated heterocycles. The third kappa shape index (κ3) is 4.11. The minimum absolute atomic E-state index is 0.410. The molecular formula is C12H21N3O2. The van der Waals surface area contributed by atoms with E-state index in [0.717, 1.165) is 51.3 Å². The van der Waals surface area contributed by atoms with Crippen LogP contribution in [0, 0.1) is 0 Å². The summed E-state index contributed by atoms with van der Waals surface area (Å²) < 4.78 is 10.9. The molecule has 0 saturated carbocycles. The van der Waals surface area contributed by atoms with Crippen LogP contribution in [0.4, 0.5) is 0 Å². The van der Waals surface area contributed by atoms with Crippen LogP contribution in [0.25, 0.3) is 0 Å². The second-order valence-electron chi connectivity index (χ2n) is 4.47. The molecule has 1 aliphatic rings. The lowest BCUT2D eigenvalue weighted by Crippen LogP contribution is -2.36. The predicted octanol–water partition coefficient (Wildman–Crippen LogP) is 1.00. The fourth-order valence-electron chi connectivity index (χ4n) is 2.11. The van der Waals surface area contributed by atoms with Gasteiger partial charge in [-0.2, -0.15) is 0 Å². The van der Waals surface area contributed by atoms with E-state index in [0.29, 0.717) is 12.6 Å². The van der Waals surface area contributed by atoms with Crippen molar-refractivity contribution in [1.82, 2.24) is 10.1 Å². The summed E-state index contributed by atoms with van der Waals surface area (Å²) in [5.74, 6) is 0.938. The molecule has 1 aliphatic heterocycles. The number of ether oxygens (including phenoxy) is 1. The van der Waals surface area contributed by atoms with E-state index in [-0.39, 0.29) is 0 Å². The zero-order valence-corrected chi connectivity index (χ0v) is 10.2.